The lowest BCUT2D eigenvalue weighted by atomic mass is 10.1. The van der Waals surface area contributed by atoms with Crippen LogP contribution >= 0.6 is 0 Å². The summed E-state index contributed by atoms with van der Waals surface area (Å²) in [7, 11) is 0. The van der Waals surface area contributed by atoms with Gasteiger partial charge in [0.1, 0.15) is 0 Å². The van der Waals surface area contributed by atoms with Gasteiger partial charge in [-0.25, -0.2) is 0 Å². The number of carbonyl (C=O) groups excluding carboxylic acids is 1. The summed E-state index contributed by atoms with van der Waals surface area (Å²) < 4.78 is 5.28. The summed E-state index contributed by atoms with van der Waals surface area (Å²) in [5.74, 6) is 0.125. The highest BCUT2D eigenvalue weighted by Crippen LogP contribution is 2.03. The van der Waals surface area contributed by atoms with E-state index in [1.807, 2.05) is 13.8 Å². The largest absolute Gasteiger partial charge is 0.380 e. The Morgan fingerprint density at radius 2 is 2.50 bits per heavy atom. The van der Waals surface area contributed by atoms with Crippen molar-refractivity contribution in [1.29, 1.82) is 0 Å². The third-order valence-corrected chi connectivity index (χ3v) is 2.34. The van der Waals surface area contributed by atoms with Gasteiger partial charge in [0.15, 0.2) is 0 Å². The molecule has 1 rings (SSSR count). The third-order valence-electron chi connectivity index (χ3n) is 2.34. The number of nitrogens with one attached hydrogen (secondary N) is 2. The van der Waals surface area contributed by atoms with Gasteiger partial charge in [0.25, 0.3) is 0 Å². The van der Waals surface area contributed by atoms with Gasteiger partial charge in [-0.3, -0.25) is 4.79 Å². The van der Waals surface area contributed by atoms with E-state index in [4.69, 9.17) is 4.74 Å². The SMILES string of the molecule is CCOCC(C)NC1CCCNC1=O. The Kier molecular flexibility index (Phi) is 4.90. The van der Waals surface area contributed by atoms with Gasteiger partial charge in [0, 0.05) is 19.2 Å². The van der Waals surface area contributed by atoms with Crippen molar-refractivity contribution in [2.75, 3.05) is 19.8 Å². The van der Waals surface area contributed by atoms with Crippen LogP contribution in [0.25, 0.3) is 0 Å². The fourth-order valence-electron chi connectivity index (χ4n) is 1.62. The topological polar surface area (TPSA) is 50.4 Å². The Morgan fingerprint density at radius 3 is 3.14 bits per heavy atom. The molecule has 14 heavy (non-hydrogen) atoms. The number of amides is 1. The number of ether oxygens (including phenoxy) is 1. The molecule has 2 unspecified atom stereocenters. The zero-order chi connectivity index (χ0) is 10.4. The molecular weight excluding hydrogens is 180 g/mol. The molecule has 1 amide bonds. The maximum Gasteiger partial charge on any atom is 0.237 e. The van der Waals surface area contributed by atoms with E-state index in [1.54, 1.807) is 0 Å². The normalized spacial score (nSPS) is 24.4. The molecule has 4 heteroatoms. The molecule has 0 aromatic rings. The lowest BCUT2D eigenvalue weighted by molar-refractivity contribution is -0.124. The molecule has 0 spiro atoms. The molecule has 2 atom stereocenters. The average molecular weight is 200 g/mol. The Morgan fingerprint density at radius 1 is 1.71 bits per heavy atom. The van der Waals surface area contributed by atoms with E-state index in [2.05, 4.69) is 10.6 Å². The van der Waals surface area contributed by atoms with Crippen molar-refractivity contribution in [2.45, 2.75) is 38.8 Å². The Hall–Kier alpha value is -0.610. The summed E-state index contributed by atoms with van der Waals surface area (Å²) >= 11 is 0. The van der Waals surface area contributed by atoms with Crippen LogP contribution in [0.1, 0.15) is 26.7 Å². The van der Waals surface area contributed by atoms with Gasteiger partial charge in [0.2, 0.25) is 5.91 Å². The molecule has 1 saturated heterocycles. The Balaban J connectivity index is 2.23. The molecule has 0 saturated carbocycles. The number of hydrogen-bond acceptors (Lipinski definition) is 3. The minimum atomic E-state index is -0.0285. The quantitative estimate of drug-likeness (QED) is 0.670. The van der Waals surface area contributed by atoms with Crippen molar-refractivity contribution in [3.05, 3.63) is 0 Å². The van der Waals surface area contributed by atoms with Crippen molar-refractivity contribution in [2.24, 2.45) is 0 Å². The van der Waals surface area contributed by atoms with E-state index >= 15 is 0 Å². The molecule has 1 heterocycles. The van der Waals surface area contributed by atoms with E-state index in [0.29, 0.717) is 6.61 Å². The van der Waals surface area contributed by atoms with Crippen LogP contribution in [-0.4, -0.2) is 37.7 Å². The van der Waals surface area contributed by atoms with Gasteiger partial charge >= 0.3 is 0 Å². The maximum atomic E-state index is 11.4. The lowest BCUT2D eigenvalue weighted by Gasteiger charge is -2.26. The molecule has 4 nitrogen and oxygen atoms in total. The highest BCUT2D eigenvalue weighted by molar-refractivity contribution is 5.82. The average Bonchev–Trinajstić information content (AvgIpc) is 2.18. The summed E-state index contributed by atoms with van der Waals surface area (Å²) in [5, 5.41) is 6.12. The van der Waals surface area contributed by atoms with Crippen LogP contribution in [0, 0.1) is 0 Å². The number of rotatable bonds is 5. The predicted octanol–water partition coefficient (Wildman–Crippen LogP) is 0.280. The highest BCUT2D eigenvalue weighted by Gasteiger charge is 2.22. The smallest absolute Gasteiger partial charge is 0.237 e. The summed E-state index contributed by atoms with van der Waals surface area (Å²) in [6.07, 6.45) is 1.99. The molecule has 0 aromatic carbocycles. The monoisotopic (exact) mass is 200 g/mol. The van der Waals surface area contributed by atoms with Gasteiger partial charge < -0.3 is 15.4 Å². The maximum absolute atomic E-state index is 11.4. The molecule has 1 aliphatic heterocycles. The second-order valence-electron chi connectivity index (χ2n) is 3.71. The first-order valence-corrected chi connectivity index (χ1v) is 5.35. The first kappa shape index (κ1) is 11.5. The van der Waals surface area contributed by atoms with Crippen LogP contribution in [0.3, 0.4) is 0 Å². The first-order chi connectivity index (χ1) is 6.74. The van der Waals surface area contributed by atoms with E-state index in [-0.39, 0.29) is 18.0 Å². The number of hydrogen-bond donors (Lipinski definition) is 2. The zero-order valence-electron chi connectivity index (χ0n) is 9.01. The first-order valence-electron chi connectivity index (χ1n) is 5.35. The van der Waals surface area contributed by atoms with Crippen LogP contribution in [-0.2, 0) is 9.53 Å². The van der Waals surface area contributed by atoms with Crippen molar-refractivity contribution in [3.8, 4) is 0 Å². The summed E-state index contributed by atoms with van der Waals surface area (Å²) in [6, 6.07) is 0.211. The summed E-state index contributed by atoms with van der Waals surface area (Å²) in [5.41, 5.74) is 0. The van der Waals surface area contributed by atoms with E-state index < -0.39 is 0 Å². The number of carbonyl (C=O) groups is 1. The predicted molar refractivity (Wildman–Crippen MR) is 55.1 cm³/mol. The molecule has 0 radical (unpaired) electrons. The lowest BCUT2D eigenvalue weighted by Crippen LogP contribution is -2.51. The van der Waals surface area contributed by atoms with Crippen molar-refractivity contribution in [1.82, 2.24) is 10.6 Å². The van der Waals surface area contributed by atoms with Crippen LogP contribution in [0.4, 0.5) is 0 Å². The minimum absolute atomic E-state index is 0.0285. The molecule has 0 aromatic heterocycles. The van der Waals surface area contributed by atoms with Crippen LogP contribution in [0.5, 0.6) is 0 Å². The van der Waals surface area contributed by atoms with Crippen LogP contribution in [0.15, 0.2) is 0 Å². The van der Waals surface area contributed by atoms with Crippen molar-refractivity contribution >= 4 is 5.91 Å². The standard InChI is InChI=1S/C10H20N2O2/c1-3-14-7-8(2)12-9-5-4-6-11-10(9)13/h8-9,12H,3-7H2,1-2H3,(H,11,13). The molecule has 1 fully saturated rings. The van der Waals surface area contributed by atoms with Crippen LogP contribution < -0.4 is 10.6 Å². The van der Waals surface area contributed by atoms with Gasteiger partial charge in [-0.1, -0.05) is 0 Å². The highest BCUT2D eigenvalue weighted by atomic mass is 16.5. The Labute approximate surface area is 85.4 Å². The van der Waals surface area contributed by atoms with Crippen molar-refractivity contribution in [3.63, 3.8) is 0 Å². The van der Waals surface area contributed by atoms with Gasteiger partial charge in [-0.15, -0.1) is 0 Å². The fraction of sp³-hybridized carbons (Fsp3) is 0.900. The second kappa shape index (κ2) is 5.98. The van der Waals surface area contributed by atoms with Crippen molar-refractivity contribution < 1.29 is 9.53 Å². The molecule has 82 valence electrons. The zero-order valence-corrected chi connectivity index (χ0v) is 9.01. The fourth-order valence-corrected chi connectivity index (χ4v) is 1.62. The van der Waals surface area contributed by atoms with Gasteiger partial charge in [-0.05, 0) is 26.7 Å². The molecular formula is C10H20N2O2. The van der Waals surface area contributed by atoms with Crippen LogP contribution in [0.2, 0.25) is 0 Å². The van der Waals surface area contributed by atoms with E-state index in [0.717, 1.165) is 26.0 Å². The summed E-state index contributed by atoms with van der Waals surface area (Å²) in [4.78, 5) is 11.4. The van der Waals surface area contributed by atoms with E-state index in [1.165, 1.54) is 0 Å². The van der Waals surface area contributed by atoms with E-state index in [9.17, 15) is 4.79 Å². The Bertz CT molecular complexity index is 185. The molecule has 1 aliphatic rings. The second-order valence-corrected chi connectivity index (χ2v) is 3.71. The summed E-state index contributed by atoms with van der Waals surface area (Å²) in [6.45, 7) is 6.22. The third kappa shape index (κ3) is 3.64. The number of piperidine rings is 1. The van der Waals surface area contributed by atoms with Gasteiger partial charge in [0.05, 0.1) is 12.6 Å². The molecule has 2 N–H and O–H groups in total. The minimum Gasteiger partial charge on any atom is -0.380 e. The molecule has 0 aliphatic carbocycles. The van der Waals surface area contributed by atoms with Gasteiger partial charge in [-0.2, -0.15) is 0 Å². The molecule has 0 bridgehead atoms.